The summed E-state index contributed by atoms with van der Waals surface area (Å²) in [7, 11) is -1.36. The highest BCUT2D eigenvalue weighted by atomic mass is 32.2. The molecule has 2 aromatic carbocycles. The number of ether oxygens (including phenoxy) is 3. The van der Waals surface area contributed by atoms with Gasteiger partial charge in [-0.05, 0) is 43.7 Å². The van der Waals surface area contributed by atoms with Crippen molar-refractivity contribution in [2.75, 3.05) is 34.0 Å². The number of methoxy groups -OCH3 is 2. The Morgan fingerprint density at radius 2 is 1.73 bits per heavy atom. The van der Waals surface area contributed by atoms with Crippen LogP contribution < -0.4 is 4.18 Å². The first-order valence-corrected chi connectivity index (χ1v) is 11.7. The van der Waals surface area contributed by atoms with E-state index in [4.69, 9.17) is 18.4 Å². The van der Waals surface area contributed by atoms with Crippen LogP contribution in [0.25, 0.3) is 0 Å². The summed E-state index contributed by atoms with van der Waals surface area (Å²) < 4.78 is 46.3. The first kappa shape index (κ1) is 26.3. The van der Waals surface area contributed by atoms with Crippen molar-refractivity contribution in [3.8, 4) is 5.75 Å². The second-order valence-corrected chi connectivity index (χ2v) is 8.89. The first-order valence-electron chi connectivity index (χ1n) is 10.3. The minimum absolute atomic E-state index is 0.0467. The van der Waals surface area contributed by atoms with E-state index in [9.17, 15) is 18.0 Å². The molecule has 0 atom stereocenters. The molecule has 0 aliphatic heterocycles. The topological polar surface area (TPSA) is 108 Å². The number of hydrogen-bond donors (Lipinski definition) is 0. The fraction of sp³-hybridized carbons (Fsp3) is 0.391. The summed E-state index contributed by atoms with van der Waals surface area (Å²) in [5.41, 5.74) is 0.536. The fourth-order valence-electron chi connectivity index (χ4n) is 2.93. The number of esters is 1. The number of benzene rings is 2. The third kappa shape index (κ3) is 7.85. The van der Waals surface area contributed by atoms with E-state index in [0.29, 0.717) is 18.7 Å². The molecule has 0 spiro atoms. The van der Waals surface area contributed by atoms with Crippen molar-refractivity contribution in [3.05, 3.63) is 59.7 Å². The molecule has 0 saturated carbocycles. The van der Waals surface area contributed by atoms with Crippen LogP contribution in [0.15, 0.2) is 53.4 Å². The van der Waals surface area contributed by atoms with Gasteiger partial charge in [-0.1, -0.05) is 24.3 Å². The Kier molecular flexibility index (Phi) is 9.83. The minimum Gasteiger partial charge on any atom is -0.459 e. The van der Waals surface area contributed by atoms with Crippen molar-refractivity contribution in [1.29, 1.82) is 0 Å². The van der Waals surface area contributed by atoms with E-state index in [1.807, 2.05) is 0 Å². The van der Waals surface area contributed by atoms with Gasteiger partial charge < -0.3 is 23.3 Å². The second-order valence-electron chi connectivity index (χ2n) is 7.38. The SMILES string of the molecule is COCCN(Cc1cccc(OS(=O)(=O)c2ccccc2C(=O)OC(C)C)c1)C(=O)COC. The lowest BCUT2D eigenvalue weighted by Gasteiger charge is -2.22. The average Bonchev–Trinajstić information content (AvgIpc) is 2.76. The summed E-state index contributed by atoms with van der Waals surface area (Å²) >= 11 is 0. The lowest BCUT2D eigenvalue weighted by atomic mass is 10.2. The maximum absolute atomic E-state index is 13.0. The zero-order chi connectivity index (χ0) is 24.4. The van der Waals surface area contributed by atoms with Crippen molar-refractivity contribution in [3.63, 3.8) is 0 Å². The molecule has 0 saturated heterocycles. The second kappa shape index (κ2) is 12.3. The summed E-state index contributed by atoms with van der Waals surface area (Å²) in [6.07, 6.45) is -0.410. The molecule has 0 aliphatic rings. The lowest BCUT2D eigenvalue weighted by Crippen LogP contribution is -2.35. The Labute approximate surface area is 194 Å². The average molecular weight is 480 g/mol. The largest absolute Gasteiger partial charge is 0.459 e. The predicted octanol–water partition coefficient (Wildman–Crippen LogP) is 2.64. The molecule has 0 aromatic heterocycles. The van der Waals surface area contributed by atoms with Gasteiger partial charge in [-0.3, -0.25) is 4.79 Å². The molecule has 2 rings (SSSR count). The Morgan fingerprint density at radius 3 is 2.39 bits per heavy atom. The molecule has 10 heteroatoms. The number of amides is 1. The molecule has 2 aromatic rings. The third-order valence-electron chi connectivity index (χ3n) is 4.38. The first-order chi connectivity index (χ1) is 15.7. The van der Waals surface area contributed by atoms with Gasteiger partial charge in [0.2, 0.25) is 5.91 Å². The van der Waals surface area contributed by atoms with E-state index in [0.717, 1.165) is 0 Å². The molecule has 0 unspecified atom stereocenters. The molecule has 0 fully saturated rings. The third-order valence-corrected chi connectivity index (χ3v) is 5.69. The molecule has 0 aliphatic carbocycles. The maximum Gasteiger partial charge on any atom is 0.340 e. The normalized spacial score (nSPS) is 11.3. The summed E-state index contributed by atoms with van der Waals surface area (Å²) in [4.78, 5) is 25.9. The molecule has 33 heavy (non-hydrogen) atoms. The smallest absolute Gasteiger partial charge is 0.340 e. The van der Waals surface area contributed by atoms with Crippen LogP contribution in [-0.4, -0.2) is 65.3 Å². The van der Waals surface area contributed by atoms with Gasteiger partial charge in [-0.25, -0.2) is 4.79 Å². The van der Waals surface area contributed by atoms with Gasteiger partial charge in [0.1, 0.15) is 17.3 Å². The molecular formula is C23H29NO8S. The standard InChI is InChI=1S/C23H29NO8S/c1-17(2)31-23(26)20-10-5-6-11-21(20)33(27,28)32-19-9-7-8-18(14-19)15-24(12-13-29-3)22(25)16-30-4/h5-11,14,17H,12-13,15-16H2,1-4H3. The van der Waals surface area contributed by atoms with E-state index >= 15 is 0 Å². The van der Waals surface area contributed by atoms with Crippen LogP contribution in [0.2, 0.25) is 0 Å². The Hall–Kier alpha value is -2.95. The van der Waals surface area contributed by atoms with Gasteiger partial charge in [-0.15, -0.1) is 0 Å². The van der Waals surface area contributed by atoms with Crippen LogP contribution in [0.3, 0.4) is 0 Å². The van der Waals surface area contributed by atoms with Gasteiger partial charge in [0.05, 0.1) is 18.3 Å². The van der Waals surface area contributed by atoms with Crippen molar-refractivity contribution in [2.45, 2.75) is 31.4 Å². The van der Waals surface area contributed by atoms with Crippen molar-refractivity contribution >= 4 is 22.0 Å². The number of hydrogen-bond acceptors (Lipinski definition) is 8. The Morgan fingerprint density at radius 1 is 1.00 bits per heavy atom. The van der Waals surface area contributed by atoms with E-state index in [1.165, 1.54) is 49.5 Å². The highest BCUT2D eigenvalue weighted by molar-refractivity contribution is 7.87. The van der Waals surface area contributed by atoms with Crippen molar-refractivity contribution in [1.82, 2.24) is 4.90 Å². The number of carbonyl (C=O) groups is 2. The summed E-state index contributed by atoms with van der Waals surface area (Å²) in [6.45, 7) is 4.14. The van der Waals surface area contributed by atoms with Gasteiger partial charge in [0, 0.05) is 27.3 Å². The minimum atomic E-state index is -4.33. The quantitative estimate of drug-likeness (QED) is 0.338. The number of carbonyl (C=O) groups excluding carboxylic acids is 2. The molecule has 9 nitrogen and oxygen atoms in total. The van der Waals surface area contributed by atoms with E-state index in [1.54, 1.807) is 32.0 Å². The molecule has 0 heterocycles. The monoisotopic (exact) mass is 479 g/mol. The fourth-order valence-corrected chi connectivity index (χ4v) is 4.04. The van der Waals surface area contributed by atoms with Gasteiger partial charge in [0.15, 0.2) is 0 Å². The molecular weight excluding hydrogens is 450 g/mol. The predicted molar refractivity (Wildman–Crippen MR) is 120 cm³/mol. The lowest BCUT2D eigenvalue weighted by molar-refractivity contribution is -0.136. The van der Waals surface area contributed by atoms with Gasteiger partial charge >= 0.3 is 16.1 Å². The van der Waals surface area contributed by atoms with Crippen molar-refractivity contribution in [2.24, 2.45) is 0 Å². The van der Waals surface area contributed by atoms with Crippen LogP contribution >= 0.6 is 0 Å². The van der Waals surface area contributed by atoms with Gasteiger partial charge in [0.25, 0.3) is 0 Å². The zero-order valence-corrected chi connectivity index (χ0v) is 20.0. The Bertz CT molecular complexity index is 1050. The maximum atomic E-state index is 13.0. The van der Waals surface area contributed by atoms with Crippen LogP contribution in [0.1, 0.15) is 29.8 Å². The van der Waals surface area contributed by atoms with Gasteiger partial charge in [-0.2, -0.15) is 8.42 Å². The summed E-state index contributed by atoms with van der Waals surface area (Å²) in [6, 6.07) is 12.1. The molecule has 0 bridgehead atoms. The van der Waals surface area contributed by atoms with E-state index < -0.39 is 22.2 Å². The summed E-state index contributed by atoms with van der Waals surface area (Å²) in [5.74, 6) is -0.941. The van der Waals surface area contributed by atoms with Crippen LogP contribution in [-0.2, 0) is 35.7 Å². The molecule has 0 radical (unpaired) electrons. The summed E-state index contributed by atoms with van der Waals surface area (Å²) in [5, 5.41) is 0. The number of nitrogens with zero attached hydrogens (tertiary/aromatic N) is 1. The van der Waals surface area contributed by atoms with Crippen LogP contribution in [0.5, 0.6) is 5.75 Å². The van der Waals surface area contributed by atoms with Crippen molar-refractivity contribution < 1.29 is 36.4 Å². The zero-order valence-electron chi connectivity index (χ0n) is 19.1. The highest BCUT2D eigenvalue weighted by Crippen LogP contribution is 2.24. The van der Waals surface area contributed by atoms with Crippen LogP contribution in [0.4, 0.5) is 0 Å². The number of rotatable bonds is 12. The van der Waals surface area contributed by atoms with E-state index in [2.05, 4.69) is 0 Å². The van der Waals surface area contributed by atoms with Crippen LogP contribution in [0, 0.1) is 0 Å². The molecule has 0 N–H and O–H groups in total. The molecule has 180 valence electrons. The molecule has 1 amide bonds. The Balaban J connectivity index is 2.26. The van der Waals surface area contributed by atoms with E-state index in [-0.39, 0.29) is 35.3 Å². The highest BCUT2D eigenvalue weighted by Gasteiger charge is 2.25.